The van der Waals surface area contributed by atoms with Crippen LogP contribution >= 0.6 is 0 Å². The van der Waals surface area contributed by atoms with E-state index in [0.29, 0.717) is 5.56 Å². The summed E-state index contributed by atoms with van der Waals surface area (Å²) in [5, 5.41) is 5.07. The highest BCUT2D eigenvalue weighted by Gasteiger charge is 2.24. The van der Waals surface area contributed by atoms with Gasteiger partial charge in [0.15, 0.2) is 0 Å². The van der Waals surface area contributed by atoms with Crippen molar-refractivity contribution in [1.29, 1.82) is 0 Å². The lowest BCUT2D eigenvalue weighted by Gasteiger charge is -2.23. The summed E-state index contributed by atoms with van der Waals surface area (Å²) in [6.07, 6.45) is -0.400. The number of benzene rings is 1. The molecule has 0 aromatic heterocycles. The normalized spacial score (nSPS) is 12.0. The van der Waals surface area contributed by atoms with Crippen LogP contribution in [0.1, 0.15) is 36.7 Å². The maximum Gasteiger partial charge on any atom is 0.408 e. The van der Waals surface area contributed by atoms with Gasteiger partial charge in [-0.3, -0.25) is 4.79 Å². The van der Waals surface area contributed by atoms with Crippen LogP contribution in [-0.2, 0) is 20.7 Å². The van der Waals surface area contributed by atoms with E-state index in [9.17, 15) is 14.4 Å². The minimum absolute atomic E-state index is 0.264. The second-order valence-electron chi connectivity index (χ2n) is 6.21. The van der Waals surface area contributed by atoms with Crippen molar-refractivity contribution in [2.24, 2.45) is 0 Å². The number of carbonyl (C=O) groups excluding carboxylic acids is 3. The van der Waals surface area contributed by atoms with Crippen molar-refractivity contribution in [1.82, 2.24) is 10.6 Å². The van der Waals surface area contributed by atoms with Crippen molar-refractivity contribution in [3.05, 3.63) is 35.4 Å². The molecule has 1 atom stereocenters. The highest BCUT2D eigenvalue weighted by atomic mass is 16.6. The molecule has 1 aromatic carbocycles. The Kier molecular flexibility index (Phi) is 6.76. The van der Waals surface area contributed by atoms with Gasteiger partial charge in [0.2, 0.25) is 5.91 Å². The van der Waals surface area contributed by atoms with Crippen molar-refractivity contribution in [2.45, 2.75) is 38.8 Å². The van der Waals surface area contributed by atoms with E-state index in [1.165, 1.54) is 14.2 Å². The minimum Gasteiger partial charge on any atom is -0.465 e. The summed E-state index contributed by atoms with van der Waals surface area (Å²) < 4.78 is 9.81. The molecule has 1 rings (SSSR count). The first-order valence-corrected chi connectivity index (χ1v) is 7.54. The summed E-state index contributed by atoms with van der Waals surface area (Å²) >= 11 is 0. The molecule has 2 N–H and O–H groups in total. The topological polar surface area (TPSA) is 93.7 Å². The molecule has 0 saturated heterocycles. The molecule has 0 bridgehead atoms. The molecule has 0 aliphatic carbocycles. The molecule has 0 aliphatic rings. The number of esters is 1. The molecule has 1 aromatic rings. The number of hydrogen-bond acceptors (Lipinski definition) is 5. The Morgan fingerprint density at radius 1 is 1.12 bits per heavy atom. The Morgan fingerprint density at radius 2 is 1.71 bits per heavy atom. The average molecular weight is 336 g/mol. The second-order valence-corrected chi connectivity index (χ2v) is 6.21. The number of ether oxygens (including phenoxy) is 2. The number of rotatable bonds is 5. The zero-order valence-corrected chi connectivity index (χ0v) is 14.6. The highest BCUT2D eigenvalue weighted by molar-refractivity contribution is 5.89. The van der Waals surface area contributed by atoms with Crippen molar-refractivity contribution in [2.75, 3.05) is 14.2 Å². The number of amides is 2. The van der Waals surface area contributed by atoms with Gasteiger partial charge in [-0.2, -0.15) is 0 Å². The third-order valence-electron chi connectivity index (χ3n) is 3.07. The van der Waals surface area contributed by atoms with Gasteiger partial charge in [-0.05, 0) is 38.5 Å². The maximum atomic E-state index is 12.0. The van der Waals surface area contributed by atoms with Crippen LogP contribution in [0.2, 0.25) is 0 Å². The summed E-state index contributed by atoms with van der Waals surface area (Å²) in [6, 6.07) is 5.84. The summed E-state index contributed by atoms with van der Waals surface area (Å²) in [5.41, 5.74) is 0.546. The van der Waals surface area contributed by atoms with Gasteiger partial charge in [-0.25, -0.2) is 9.59 Å². The van der Waals surface area contributed by atoms with E-state index in [-0.39, 0.29) is 12.3 Å². The van der Waals surface area contributed by atoms with Gasteiger partial charge in [0, 0.05) is 13.5 Å². The predicted octanol–water partition coefficient (Wildman–Crippen LogP) is 1.65. The minimum atomic E-state index is -0.783. The maximum absolute atomic E-state index is 12.0. The highest BCUT2D eigenvalue weighted by Crippen LogP contribution is 2.10. The van der Waals surface area contributed by atoms with Crippen molar-refractivity contribution >= 4 is 18.0 Å². The molecule has 0 radical (unpaired) electrons. The SMILES string of the molecule is CNC(=O)[C@@H](Cc1ccc(C(=O)OC)cc1)NC(=O)OC(C)(C)C. The lowest BCUT2D eigenvalue weighted by atomic mass is 10.0. The van der Waals surface area contributed by atoms with Gasteiger partial charge >= 0.3 is 12.1 Å². The fraction of sp³-hybridized carbons (Fsp3) is 0.471. The van der Waals surface area contributed by atoms with Gasteiger partial charge < -0.3 is 20.1 Å². The van der Waals surface area contributed by atoms with Gasteiger partial charge in [0.05, 0.1) is 12.7 Å². The first-order valence-electron chi connectivity index (χ1n) is 7.54. The van der Waals surface area contributed by atoms with Gasteiger partial charge in [-0.1, -0.05) is 12.1 Å². The van der Waals surface area contributed by atoms with Crippen LogP contribution in [0, 0.1) is 0 Å². The Hall–Kier alpha value is -2.57. The zero-order valence-electron chi connectivity index (χ0n) is 14.6. The Morgan fingerprint density at radius 3 is 2.17 bits per heavy atom. The first-order chi connectivity index (χ1) is 11.2. The molecular formula is C17H24N2O5. The Balaban J connectivity index is 2.81. The number of methoxy groups -OCH3 is 1. The molecule has 7 nitrogen and oxygen atoms in total. The molecule has 7 heteroatoms. The largest absolute Gasteiger partial charge is 0.465 e. The fourth-order valence-electron chi connectivity index (χ4n) is 1.96. The van der Waals surface area contributed by atoms with Crippen LogP contribution in [-0.4, -0.2) is 43.8 Å². The summed E-state index contributed by atoms with van der Waals surface area (Å²) in [5.74, 6) is -0.769. The number of carbonyl (C=O) groups is 3. The quantitative estimate of drug-likeness (QED) is 0.798. The second kappa shape index (κ2) is 8.33. The summed E-state index contributed by atoms with van der Waals surface area (Å²) in [4.78, 5) is 35.3. The average Bonchev–Trinajstić information content (AvgIpc) is 2.51. The molecule has 132 valence electrons. The lowest BCUT2D eigenvalue weighted by Crippen LogP contribution is -2.48. The van der Waals surface area contributed by atoms with E-state index in [1.807, 2.05) is 0 Å². The van der Waals surface area contributed by atoms with Crippen molar-refractivity contribution < 1.29 is 23.9 Å². The van der Waals surface area contributed by atoms with Crippen LogP contribution in [0.25, 0.3) is 0 Å². The first kappa shape index (κ1) is 19.5. The number of likely N-dealkylation sites (N-methyl/N-ethyl adjacent to an activating group) is 1. The molecule has 0 unspecified atom stereocenters. The van der Waals surface area contributed by atoms with E-state index in [4.69, 9.17) is 4.74 Å². The number of nitrogens with one attached hydrogen (secondary N) is 2. The molecule has 2 amide bonds. The molecule has 0 heterocycles. The van der Waals surface area contributed by atoms with E-state index in [0.717, 1.165) is 5.56 Å². The van der Waals surface area contributed by atoms with Gasteiger partial charge in [-0.15, -0.1) is 0 Å². The molecule has 0 aliphatic heterocycles. The molecular weight excluding hydrogens is 312 g/mol. The zero-order chi connectivity index (χ0) is 18.3. The molecule has 0 saturated carbocycles. The van der Waals surface area contributed by atoms with E-state index < -0.39 is 23.7 Å². The third kappa shape index (κ3) is 6.28. The molecule has 0 spiro atoms. The van der Waals surface area contributed by atoms with Crippen molar-refractivity contribution in [3.63, 3.8) is 0 Å². The third-order valence-corrected chi connectivity index (χ3v) is 3.07. The predicted molar refractivity (Wildman–Crippen MR) is 88.7 cm³/mol. The van der Waals surface area contributed by atoms with E-state index in [2.05, 4.69) is 15.4 Å². The summed E-state index contributed by atoms with van der Waals surface area (Å²) in [6.45, 7) is 5.23. The standard InChI is InChI=1S/C17H24N2O5/c1-17(2,3)24-16(22)19-13(14(20)18-4)10-11-6-8-12(9-7-11)15(21)23-5/h6-9,13H,10H2,1-5H3,(H,18,20)(H,19,22)/t13-/m1/s1. The Bertz CT molecular complexity index is 590. The van der Waals surface area contributed by atoms with Crippen molar-refractivity contribution in [3.8, 4) is 0 Å². The molecule has 0 fully saturated rings. The van der Waals surface area contributed by atoms with Crippen LogP contribution in [0.5, 0.6) is 0 Å². The number of alkyl carbamates (subject to hydrolysis) is 1. The van der Waals surface area contributed by atoms with Crippen LogP contribution < -0.4 is 10.6 Å². The lowest BCUT2D eigenvalue weighted by molar-refractivity contribution is -0.122. The van der Waals surface area contributed by atoms with Crippen LogP contribution in [0.15, 0.2) is 24.3 Å². The fourth-order valence-corrected chi connectivity index (χ4v) is 1.96. The van der Waals surface area contributed by atoms with Gasteiger partial charge in [0.25, 0.3) is 0 Å². The van der Waals surface area contributed by atoms with E-state index in [1.54, 1.807) is 45.0 Å². The smallest absolute Gasteiger partial charge is 0.408 e. The monoisotopic (exact) mass is 336 g/mol. The summed E-state index contributed by atoms with van der Waals surface area (Å²) in [7, 11) is 2.80. The number of hydrogen-bond donors (Lipinski definition) is 2. The Labute approximate surface area is 141 Å². The molecule has 24 heavy (non-hydrogen) atoms. The van der Waals surface area contributed by atoms with Gasteiger partial charge in [0.1, 0.15) is 11.6 Å². The van der Waals surface area contributed by atoms with E-state index >= 15 is 0 Å². The van der Waals surface area contributed by atoms with Crippen LogP contribution in [0.3, 0.4) is 0 Å². The van der Waals surface area contributed by atoms with Crippen LogP contribution in [0.4, 0.5) is 4.79 Å².